The highest BCUT2D eigenvalue weighted by atomic mass is 32.2. The van der Waals surface area contributed by atoms with Gasteiger partial charge < -0.3 is 14.4 Å². The summed E-state index contributed by atoms with van der Waals surface area (Å²) in [4.78, 5) is 29.4. The standard InChI is InChI=1S/C26H25NO4S3/c1-6-31-24(29)22-21(16-10-8-7-9-11-16)33-25(34-22)20-18-14-17(30-5)12-13-19(18)27(15(2)28)26(3,4)23(20)32/h7-14H,6H2,1-5H3/b25-20+. The lowest BCUT2D eigenvalue weighted by molar-refractivity contribution is -0.137. The molecule has 176 valence electrons. The van der Waals surface area contributed by atoms with Gasteiger partial charge in [-0.25, -0.2) is 4.79 Å². The van der Waals surface area contributed by atoms with Crippen LogP contribution in [0.2, 0.25) is 0 Å². The number of hydrogen-bond acceptors (Lipinski definition) is 7. The minimum atomic E-state index is -0.730. The Morgan fingerprint density at radius 2 is 1.79 bits per heavy atom. The first-order chi connectivity index (χ1) is 16.2. The van der Waals surface area contributed by atoms with Gasteiger partial charge in [0.15, 0.2) is 0 Å². The van der Waals surface area contributed by atoms with Gasteiger partial charge in [-0.2, -0.15) is 0 Å². The normalized spacial score (nSPS) is 19.2. The number of methoxy groups -OCH3 is 1. The molecule has 2 heterocycles. The first kappa shape index (κ1) is 24.6. The van der Waals surface area contributed by atoms with Crippen LogP contribution in [-0.4, -0.2) is 36.0 Å². The molecule has 0 aliphatic carbocycles. The van der Waals surface area contributed by atoms with Gasteiger partial charge in [0.2, 0.25) is 5.91 Å². The Balaban J connectivity index is 1.94. The van der Waals surface area contributed by atoms with Crippen LogP contribution in [0.1, 0.15) is 38.8 Å². The van der Waals surface area contributed by atoms with Crippen LogP contribution < -0.4 is 9.64 Å². The van der Waals surface area contributed by atoms with E-state index >= 15 is 0 Å². The molecule has 0 saturated carbocycles. The van der Waals surface area contributed by atoms with E-state index in [9.17, 15) is 9.59 Å². The van der Waals surface area contributed by atoms with Crippen LogP contribution in [0.4, 0.5) is 5.69 Å². The first-order valence-electron chi connectivity index (χ1n) is 10.8. The van der Waals surface area contributed by atoms with Crippen molar-refractivity contribution in [3.05, 3.63) is 68.8 Å². The molecule has 0 spiro atoms. The smallest absolute Gasteiger partial charge is 0.346 e. The molecule has 0 atom stereocenters. The summed E-state index contributed by atoms with van der Waals surface area (Å²) in [6, 6.07) is 15.4. The van der Waals surface area contributed by atoms with Gasteiger partial charge in [-0.05, 0) is 44.5 Å². The molecule has 8 heteroatoms. The van der Waals surface area contributed by atoms with Crippen LogP contribution >= 0.6 is 35.7 Å². The Morgan fingerprint density at radius 1 is 1.09 bits per heavy atom. The largest absolute Gasteiger partial charge is 0.497 e. The molecule has 0 saturated heterocycles. The van der Waals surface area contributed by atoms with Crippen molar-refractivity contribution in [2.24, 2.45) is 0 Å². The summed E-state index contributed by atoms with van der Waals surface area (Å²) in [5.41, 5.74) is 2.63. The second-order valence-electron chi connectivity index (χ2n) is 8.24. The number of ether oxygens (including phenoxy) is 2. The number of anilines is 1. The SMILES string of the molecule is CCOC(=O)C1=C(c2ccccc2)S/C(=C2\C(=S)C(C)(C)N(C(C)=O)c3ccc(OC)cc32)S1. The van der Waals surface area contributed by atoms with E-state index in [1.165, 1.54) is 23.5 Å². The molecule has 5 nitrogen and oxygen atoms in total. The zero-order valence-corrected chi connectivity index (χ0v) is 22.1. The second kappa shape index (κ2) is 9.60. The Bertz CT molecular complexity index is 1250. The molecular formula is C26H25NO4S3. The molecule has 2 aliphatic heterocycles. The van der Waals surface area contributed by atoms with Gasteiger partial charge in [0.25, 0.3) is 0 Å². The van der Waals surface area contributed by atoms with Crippen molar-refractivity contribution in [1.82, 2.24) is 0 Å². The van der Waals surface area contributed by atoms with E-state index in [1.54, 1.807) is 25.9 Å². The number of fused-ring (bicyclic) bond motifs is 1. The molecule has 0 unspecified atom stereocenters. The molecule has 2 aromatic rings. The Labute approximate surface area is 213 Å². The minimum Gasteiger partial charge on any atom is -0.497 e. The average Bonchev–Trinajstić information content (AvgIpc) is 3.25. The number of rotatable bonds is 4. The van der Waals surface area contributed by atoms with Crippen LogP contribution in [0, 0.1) is 0 Å². The molecule has 0 aromatic heterocycles. The molecule has 2 aromatic carbocycles. The number of hydrogen-bond donors (Lipinski definition) is 0. The summed E-state index contributed by atoms with van der Waals surface area (Å²) in [6.07, 6.45) is 0. The Morgan fingerprint density at radius 3 is 2.41 bits per heavy atom. The quantitative estimate of drug-likeness (QED) is 0.272. The number of thiocarbonyl (C=S) groups is 1. The Kier molecular flexibility index (Phi) is 6.94. The van der Waals surface area contributed by atoms with Crippen LogP contribution in [0.3, 0.4) is 0 Å². The van der Waals surface area contributed by atoms with Gasteiger partial charge in [0, 0.05) is 23.0 Å². The van der Waals surface area contributed by atoms with Crippen molar-refractivity contribution in [1.29, 1.82) is 0 Å². The van der Waals surface area contributed by atoms with Gasteiger partial charge in [-0.3, -0.25) is 4.79 Å². The number of carbonyl (C=O) groups excluding carboxylic acids is 2. The maximum atomic E-state index is 12.9. The van der Waals surface area contributed by atoms with Crippen molar-refractivity contribution in [2.45, 2.75) is 33.2 Å². The Hall–Kier alpha value is -2.55. The van der Waals surface area contributed by atoms with Crippen molar-refractivity contribution in [3.8, 4) is 5.75 Å². The number of thioether (sulfide) groups is 2. The summed E-state index contributed by atoms with van der Waals surface area (Å²) in [5.74, 6) is 0.217. The lowest BCUT2D eigenvalue weighted by atomic mass is 9.83. The van der Waals surface area contributed by atoms with Crippen LogP contribution in [0.25, 0.3) is 10.5 Å². The number of nitrogens with zero attached hydrogens (tertiary/aromatic N) is 1. The molecular weight excluding hydrogens is 486 g/mol. The van der Waals surface area contributed by atoms with Crippen molar-refractivity contribution < 1.29 is 19.1 Å². The zero-order valence-electron chi connectivity index (χ0n) is 19.6. The summed E-state index contributed by atoms with van der Waals surface area (Å²) in [5, 5.41) is 0. The van der Waals surface area contributed by atoms with Crippen LogP contribution in [0.5, 0.6) is 5.75 Å². The topological polar surface area (TPSA) is 55.8 Å². The fraction of sp³-hybridized carbons (Fsp3) is 0.269. The van der Waals surface area contributed by atoms with E-state index in [0.29, 0.717) is 22.1 Å². The lowest BCUT2D eigenvalue weighted by Crippen LogP contribution is -2.55. The highest BCUT2D eigenvalue weighted by Gasteiger charge is 2.44. The first-order valence-corrected chi connectivity index (χ1v) is 12.9. The monoisotopic (exact) mass is 511 g/mol. The minimum absolute atomic E-state index is 0.0927. The van der Waals surface area contributed by atoms with E-state index in [1.807, 2.05) is 62.4 Å². The highest BCUT2D eigenvalue weighted by molar-refractivity contribution is 8.32. The van der Waals surface area contributed by atoms with Crippen LogP contribution in [-0.2, 0) is 14.3 Å². The fourth-order valence-corrected chi connectivity index (χ4v) is 7.28. The lowest BCUT2D eigenvalue weighted by Gasteiger charge is -2.44. The second-order valence-corrected chi connectivity index (χ2v) is 10.9. The molecule has 0 N–H and O–H groups in total. The van der Waals surface area contributed by atoms with Gasteiger partial charge in [-0.1, -0.05) is 66.1 Å². The number of benzene rings is 2. The molecule has 34 heavy (non-hydrogen) atoms. The molecule has 0 radical (unpaired) electrons. The maximum absolute atomic E-state index is 12.9. The molecule has 1 amide bonds. The predicted octanol–water partition coefficient (Wildman–Crippen LogP) is 6.29. The fourth-order valence-electron chi connectivity index (χ4n) is 4.15. The third-order valence-corrected chi connectivity index (χ3v) is 9.00. The number of carbonyl (C=O) groups is 2. The van der Waals surface area contributed by atoms with E-state index in [2.05, 4.69) is 0 Å². The zero-order chi connectivity index (χ0) is 24.6. The number of amides is 1. The van der Waals surface area contributed by atoms with Crippen LogP contribution in [0.15, 0.2) is 57.7 Å². The van der Waals surface area contributed by atoms with Crippen molar-refractivity contribution in [2.75, 3.05) is 18.6 Å². The van der Waals surface area contributed by atoms with E-state index in [-0.39, 0.29) is 11.9 Å². The van der Waals surface area contributed by atoms with Gasteiger partial charge in [0.05, 0.1) is 34.0 Å². The highest BCUT2D eigenvalue weighted by Crippen LogP contribution is 2.58. The predicted molar refractivity (Wildman–Crippen MR) is 145 cm³/mol. The van der Waals surface area contributed by atoms with Gasteiger partial charge >= 0.3 is 5.97 Å². The third-order valence-electron chi connectivity index (χ3n) is 5.67. The molecule has 0 bridgehead atoms. The van der Waals surface area contributed by atoms with E-state index in [0.717, 1.165) is 31.5 Å². The van der Waals surface area contributed by atoms with E-state index < -0.39 is 5.54 Å². The summed E-state index contributed by atoms with van der Waals surface area (Å²) in [7, 11) is 1.61. The molecule has 0 fully saturated rings. The third kappa shape index (κ3) is 4.19. The number of esters is 1. The average molecular weight is 512 g/mol. The molecule has 4 rings (SSSR count). The summed E-state index contributed by atoms with van der Waals surface area (Å²) < 4.78 is 11.8. The summed E-state index contributed by atoms with van der Waals surface area (Å²) >= 11 is 8.90. The van der Waals surface area contributed by atoms with E-state index in [4.69, 9.17) is 21.7 Å². The van der Waals surface area contributed by atoms with Crippen molar-refractivity contribution >= 4 is 68.6 Å². The maximum Gasteiger partial charge on any atom is 0.346 e. The summed E-state index contributed by atoms with van der Waals surface area (Å²) in [6.45, 7) is 7.54. The van der Waals surface area contributed by atoms with Gasteiger partial charge in [-0.15, -0.1) is 0 Å². The van der Waals surface area contributed by atoms with Crippen molar-refractivity contribution in [3.63, 3.8) is 0 Å². The molecule has 2 aliphatic rings. The van der Waals surface area contributed by atoms with Gasteiger partial charge in [0.1, 0.15) is 10.7 Å².